The smallest absolute Gasteiger partial charge is 0.251 e. The van der Waals surface area contributed by atoms with Crippen LogP contribution in [0, 0.1) is 40.8 Å². The third-order valence-electron chi connectivity index (χ3n) is 11.5. The summed E-state index contributed by atoms with van der Waals surface area (Å²) in [5.41, 5.74) is 1.93. The van der Waals surface area contributed by atoms with E-state index in [1.807, 2.05) is 19.9 Å². The molecule has 1 unspecified atom stereocenters. The van der Waals surface area contributed by atoms with E-state index in [0.717, 1.165) is 12.5 Å². The number of aliphatic hydroxyl groups excluding tert-OH is 3. The van der Waals surface area contributed by atoms with Gasteiger partial charge in [-0.2, -0.15) is 5.06 Å². The van der Waals surface area contributed by atoms with Crippen LogP contribution in [0.5, 0.6) is 5.75 Å². The van der Waals surface area contributed by atoms with Crippen LogP contribution in [0.25, 0.3) is 11.1 Å². The number of hydrogen-bond acceptors (Lipinski definition) is 8. The van der Waals surface area contributed by atoms with Crippen LogP contribution in [0.1, 0.15) is 76.7 Å². The topological polar surface area (TPSA) is 141 Å². The van der Waals surface area contributed by atoms with Crippen LogP contribution in [0.15, 0.2) is 36.4 Å². The van der Waals surface area contributed by atoms with Crippen molar-refractivity contribution in [2.75, 3.05) is 20.3 Å². The molecule has 4 aliphatic rings. The van der Waals surface area contributed by atoms with E-state index in [0.29, 0.717) is 46.6 Å². The van der Waals surface area contributed by atoms with Gasteiger partial charge in [-0.25, -0.2) is 4.39 Å². The quantitative estimate of drug-likeness (QED) is 0.211. The van der Waals surface area contributed by atoms with E-state index < -0.39 is 41.9 Å². The zero-order chi connectivity index (χ0) is 35.8. The van der Waals surface area contributed by atoms with E-state index in [1.54, 1.807) is 25.1 Å². The van der Waals surface area contributed by atoms with Crippen LogP contribution < -0.4 is 15.4 Å². The number of fused-ring (bicyclic) bond motifs is 2. The molecule has 0 aromatic heterocycles. The van der Waals surface area contributed by atoms with Crippen molar-refractivity contribution in [2.45, 2.75) is 97.7 Å². The van der Waals surface area contributed by atoms with Crippen molar-refractivity contribution >= 4 is 11.8 Å². The average molecular weight is 684 g/mol. The van der Waals surface area contributed by atoms with E-state index in [2.05, 4.69) is 31.4 Å². The van der Waals surface area contributed by atoms with Crippen molar-refractivity contribution in [3.05, 3.63) is 53.3 Å². The number of nitrogens with one attached hydrogen (secondary N) is 2. The SMILES string of the molecule is COc1c(CN2O[C@@H](CO)[C@@H]([C@H](C)O)[C@H]2C(=O)N[C@H]2CC3C[C@@H]([C@@H]2C)C3(C)C)cccc1-c1cc(F)cc(C(=O)N[C@H](CO)CC(C)C)c1. The molecular weight excluding hydrogens is 629 g/mol. The lowest BCUT2D eigenvalue weighted by Crippen LogP contribution is -2.62. The highest BCUT2D eigenvalue weighted by Gasteiger charge is 2.57. The number of methoxy groups -OCH3 is 1. The van der Waals surface area contributed by atoms with Gasteiger partial charge in [-0.05, 0) is 79.0 Å². The second-order valence-corrected chi connectivity index (χ2v) is 15.4. The number of hydrogen-bond donors (Lipinski definition) is 5. The minimum atomic E-state index is -0.940. The minimum Gasteiger partial charge on any atom is -0.496 e. The summed E-state index contributed by atoms with van der Waals surface area (Å²) in [6.45, 7) is 11.9. The summed E-state index contributed by atoms with van der Waals surface area (Å²) >= 11 is 0. The van der Waals surface area contributed by atoms with Gasteiger partial charge in [0.25, 0.3) is 5.91 Å². The lowest BCUT2D eigenvalue weighted by atomic mass is 9.45. The van der Waals surface area contributed by atoms with Gasteiger partial charge in [0.1, 0.15) is 23.7 Å². The van der Waals surface area contributed by atoms with Gasteiger partial charge in [-0.15, -0.1) is 0 Å². The number of para-hydroxylation sites is 1. The van der Waals surface area contributed by atoms with Gasteiger partial charge in [0.2, 0.25) is 5.91 Å². The molecule has 2 aromatic rings. The van der Waals surface area contributed by atoms with Gasteiger partial charge in [-0.1, -0.05) is 52.8 Å². The van der Waals surface area contributed by atoms with E-state index in [9.17, 15) is 24.9 Å². The van der Waals surface area contributed by atoms with E-state index >= 15 is 4.39 Å². The van der Waals surface area contributed by atoms with Crippen molar-refractivity contribution in [3.63, 3.8) is 0 Å². The molecule has 9 atom stereocenters. The minimum absolute atomic E-state index is 0.00391. The first-order chi connectivity index (χ1) is 23.2. The van der Waals surface area contributed by atoms with Crippen LogP contribution in [0.3, 0.4) is 0 Å². The Morgan fingerprint density at radius 1 is 1.14 bits per heavy atom. The first-order valence-electron chi connectivity index (χ1n) is 17.6. The molecule has 1 heterocycles. The van der Waals surface area contributed by atoms with E-state index in [1.165, 1.54) is 24.7 Å². The summed E-state index contributed by atoms with van der Waals surface area (Å²) in [5, 5.41) is 38.4. The molecular formula is C38H54FN3O7. The molecule has 49 heavy (non-hydrogen) atoms. The van der Waals surface area contributed by atoms with Gasteiger partial charge >= 0.3 is 0 Å². The fourth-order valence-corrected chi connectivity index (χ4v) is 8.72. The second-order valence-electron chi connectivity index (χ2n) is 15.4. The maximum atomic E-state index is 15.0. The van der Waals surface area contributed by atoms with Crippen molar-refractivity contribution in [1.82, 2.24) is 15.7 Å². The molecule has 2 amide bonds. The van der Waals surface area contributed by atoms with Crippen LogP contribution >= 0.6 is 0 Å². The Morgan fingerprint density at radius 3 is 2.47 bits per heavy atom. The van der Waals surface area contributed by atoms with E-state index in [-0.39, 0.29) is 48.6 Å². The summed E-state index contributed by atoms with van der Waals surface area (Å²) in [6, 6.07) is 8.06. The number of carbonyl (C=O) groups excluding carboxylic acids is 2. The van der Waals surface area contributed by atoms with Crippen molar-refractivity contribution in [2.24, 2.45) is 35.0 Å². The summed E-state index contributed by atoms with van der Waals surface area (Å²) in [6.07, 6.45) is 0.906. The van der Waals surface area contributed by atoms with Gasteiger partial charge < -0.3 is 30.7 Å². The fourth-order valence-electron chi connectivity index (χ4n) is 8.72. The van der Waals surface area contributed by atoms with Gasteiger partial charge in [0, 0.05) is 28.7 Å². The third-order valence-corrected chi connectivity index (χ3v) is 11.5. The fraction of sp³-hybridized carbons (Fsp3) is 0.632. The Balaban J connectivity index is 1.41. The highest BCUT2D eigenvalue weighted by atomic mass is 19.1. The number of aliphatic hydroxyl groups is 3. The number of carbonyl (C=O) groups is 2. The van der Waals surface area contributed by atoms with Gasteiger partial charge in [0.15, 0.2) is 0 Å². The molecule has 10 nitrogen and oxygen atoms in total. The number of ether oxygens (including phenoxy) is 1. The zero-order valence-corrected chi connectivity index (χ0v) is 29.8. The van der Waals surface area contributed by atoms with Crippen LogP contribution in [0.2, 0.25) is 0 Å². The summed E-state index contributed by atoms with van der Waals surface area (Å²) in [4.78, 5) is 33.4. The number of hydroxylamine groups is 2. The Labute approximate surface area is 289 Å². The van der Waals surface area contributed by atoms with Crippen LogP contribution in [-0.4, -0.2) is 82.9 Å². The molecule has 11 heteroatoms. The number of halogens is 1. The van der Waals surface area contributed by atoms with Crippen molar-refractivity contribution in [1.29, 1.82) is 0 Å². The first-order valence-corrected chi connectivity index (χ1v) is 17.6. The summed E-state index contributed by atoms with van der Waals surface area (Å²) in [7, 11) is 1.49. The summed E-state index contributed by atoms with van der Waals surface area (Å²) < 4.78 is 20.9. The molecule has 3 aliphatic carbocycles. The largest absolute Gasteiger partial charge is 0.496 e. The lowest BCUT2D eigenvalue weighted by Gasteiger charge is -2.62. The third kappa shape index (κ3) is 7.51. The lowest BCUT2D eigenvalue weighted by molar-refractivity contribution is -0.183. The molecule has 270 valence electrons. The molecule has 0 radical (unpaired) electrons. The van der Waals surface area contributed by atoms with Crippen LogP contribution in [-0.2, 0) is 16.2 Å². The van der Waals surface area contributed by atoms with Crippen LogP contribution in [0.4, 0.5) is 4.39 Å². The Morgan fingerprint density at radius 2 is 1.88 bits per heavy atom. The monoisotopic (exact) mass is 683 g/mol. The molecule has 2 bridgehead atoms. The predicted molar refractivity (Wildman–Crippen MR) is 184 cm³/mol. The number of benzene rings is 2. The molecule has 1 saturated heterocycles. The molecule has 6 rings (SSSR count). The maximum absolute atomic E-state index is 15.0. The molecule has 4 fully saturated rings. The summed E-state index contributed by atoms with van der Waals surface area (Å²) in [5.74, 6) is -0.0233. The van der Waals surface area contributed by atoms with Crippen molar-refractivity contribution < 1.29 is 38.9 Å². The number of amides is 2. The highest BCUT2D eigenvalue weighted by Crippen LogP contribution is 2.61. The zero-order valence-electron chi connectivity index (χ0n) is 29.8. The normalized spacial score (nSPS) is 28.9. The first kappa shape index (κ1) is 37.2. The van der Waals surface area contributed by atoms with Gasteiger partial charge in [0.05, 0.1) is 39.0 Å². The predicted octanol–water partition coefficient (Wildman–Crippen LogP) is 4.30. The number of rotatable bonds is 13. The van der Waals surface area contributed by atoms with Gasteiger partial charge in [-0.3, -0.25) is 14.4 Å². The second kappa shape index (κ2) is 15.0. The van der Waals surface area contributed by atoms with Crippen molar-refractivity contribution in [3.8, 4) is 16.9 Å². The molecule has 0 spiro atoms. The Kier molecular flexibility index (Phi) is 11.4. The molecule has 2 aromatic carbocycles. The standard InChI is InChI=1S/C38H54FN3O7/c1-20(2)11-28(18-43)40-36(46)25-12-24(13-27(39)14-25)29-10-8-9-23(35(29)48-7)17-42-34(33(22(4)45)32(19-44)49-42)37(47)41-31-16-26-15-30(21(31)3)38(26,5)6/h8-10,12-14,20-22,26,28,30-34,43-45H,11,15-19H2,1-7H3,(H,40,46)(H,41,47)/t21-,22-,26?,28-,30-,31-,32-,33+,34-/m0/s1. The Hall–Kier alpha value is -3.09. The average Bonchev–Trinajstić information content (AvgIpc) is 3.43. The molecule has 5 N–H and O–H groups in total. The molecule has 1 aliphatic heterocycles. The molecule has 3 saturated carbocycles. The highest BCUT2D eigenvalue weighted by molar-refractivity contribution is 5.96. The Bertz CT molecular complexity index is 1500. The number of nitrogens with zero attached hydrogens (tertiary/aromatic N) is 1. The maximum Gasteiger partial charge on any atom is 0.251 e. The van der Waals surface area contributed by atoms with E-state index in [4.69, 9.17) is 9.57 Å².